The van der Waals surface area contributed by atoms with E-state index in [4.69, 9.17) is 4.74 Å². The molecule has 0 bridgehead atoms. The molecule has 0 saturated heterocycles. The second kappa shape index (κ2) is 13.3. The Labute approximate surface area is 200 Å². The van der Waals surface area contributed by atoms with Gasteiger partial charge in [0.25, 0.3) is 0 Å². The first-order chi connectivity index (χ1) is 16.2. The average molecular weight is 448 g/mol. The Morgan fingerprint density at radius 2 is 1.61 bits per heavy atom. The lowest BCUT2D eigenvalue weighted by atomic mass is 9.69. The molecular weight excluding hydrogens is 406 g/mol. The molecule has 0 radical (unpaired) electrons. The molecule has 2 aromatic rings. The molecule has 1 saturated carbocycles. The highest BCUT2D eigenvalue weighted by molar-refractivity contribution is 5.55. The van der Waals surface area contributed by atoms with Gasteiger partial charge >= 0.3 is 0 Å². The van der Waals surface area contributed by atoms with Crippen LogP contribution in [-0.4, -0.2) is 16.6 Å². The van der Waals surface area contributed by atoms with Crippen molar-refractivity contribution in [3.63, 3.8) is 0 Å². The summed E-state index contributed by atoms with van der Waals surface area (Å²) in [5.74, 6) is 2.20. The Balaban J connectivity index is 1.42. The van der Waals surface area contributed by atoms with Crippen LogP contribution in [0.25, 0.3) is 11.4 Å². The lowest BCUT2D eigenvalue weighted by Gasteiger charge is -2.35. The van der Waals surface area contributed by atoms with Gasteiger partial charge in [-0.3, -0.25) is 0 Å². The van der Waals surface area contributed by atoms with Crippen LogP contribution in [0.1, 0.15) is 96.5 Å². The minimum atomic E-state index is -0.0869. The number of unbranched alkanes of at least 4 members (excludes halogenated alkanes) is 5. The molecule has 3 rings (SSSR count). The molecule has 178 valence electrons. The number of benzene rings is 1. The number of aromatic nitrogens is 2. The van der Waals surface area contributed by atoms with E-state index in [2.05, 4.69) is 29.9 Å². The average Bonchev–Trinajstić information content (AvgIpc) is 2.87. The van der Waals surface area contributed by atoms with Gasteiger partial charge in [-0.15, -0.1) is 0 Å². The molecule has 1 aromatic heterocycles. The van der Waals surface area contributed by atoms with E-state index in [1.807, 2.05) is 36.7 Å². The van der Waals surface area contributed by atoms with Crippen LogP contribution in [0.2, 0.25) is 0 Å². The maximum Gasteiger partial charge on any atom is 0.159 e. The Morgan fingerprint density at radius 1 is 0.939 bits per heavy atom. The predicted octanol–water partition coefficient (Wildman–Crippen LogP) is 7.93. The molecule has 1 aliphatic rings. The Hall–Kier alpha value is -2.41. The predicted molar refractivity (Wildman–Crippen MR) is 135 cm³/mol. The summed E-state index contributed by atoms with van der Waals surface area (Å²) in [5.41, 5.74) is 2.13. The van der Waals surface area contributed by atoms with Crippen molar-refractivity contribution in [2.45, 2.75) is 97.3 Å². The number of nitriles is 1. The molecule has 0 atom stereocenters. The molecule has 1 fully saturated rings. The van der Waals surface area contributed by atoms with Crippen molar-refractivity contribution < 1.29 is 4.74 Å². The standard InChI is InChI=1S/C29H41N3O/c1-3-5-7-8-9-17-29(23-30)18-15-24(16-19-29)22-33-27-13-11-26(12-14-27)28-31-20-25(21-32-28)10-6-4-2/h11-14,20-21,24H,3-10,15-19,22H2,1-2H3/t24-,29-. The maximum atomic E-state index is 9.82. The Morgan fingerprint density at radius 3 is 2.24 bits per heavy atom. The Kier molecular flexibility index (Phi) is 10.2. The zero-order chi connectivity index (χ0) is 23.4. The number of nitrogens with zero attached hydrogens (tertiary/aromatic N) is 3. The van der Waals surface area contributed by atoms with Gasteiger partial charge < -0.3 is 4.74 Å². The minimum absolute atomic E-state index is 0.0869. The molecule has 0 spiro atoms. The van der Waals surface area contributed by atoms with Gasteiger partial charge in [0, 0.05) is 18.0 Å². The second-order valence-corrected chi connectivity index (χ2v) is 9.85. The maximum absolute atomic E-state index is 9.82. The van der Waals surface area contributed by atoms with Crippen molar-refractivity contribution in [3.8, 4) is 23.2 Å². The third-order valence-corrected chi connectivity index (χ3v) is 7.18. The van der Waals surface area contributed by atoms with Crippen LogP contribution in [0.3, 0.4) is 0 Å². The molecule has 0 unspecified atom stereocenters. The van der Waals surface area contributed by atoms with E-state index in [0.717, 1.165) is 62.3 Å². The lowest BCUT2D eigenvalue weighted by Crippen LogP contribution is -2.28. The summed E-state index contributed by atoms with van der Waals surface area (Å²) in [6.07, 6.45) is 19.0. The minimum Gasteiger partial charge on any atom is -0.493 e. The molecule has 1 aromatic carbocycles. The highest BCUT2D eigenvalue weighted by Crippen LogP contribution is 2.42. The van der Waals surface area contributed by atoms with Crippen molar-refractivity contribution >= 4 is 0 Å². The highest BCUT2D eigenvalue weighted by atomic mass is 16.5. The van der Waals surface area contributed by atoms with Crippen molar-refractivity contribution in [1.29, 1.82) is 5.26 Å². The Bertz CT molecular complexity index is 846. The SMILES string of the molecule is CCCCCCC[C@]1(C#N)CC[C@H](COc2ccc(-c3ncc(CCCC)cn3)cc2)CC1. The fourth-order valence-electron chi connectivity index (χ4n) is 4.81. The van der Waals surface area contributed by atoms with Crippen LogP contribution in [0, 0.1) is 22.7 Å². The van der Waals surface area contributed by atoms with Gasteiger partial charge in [-0.2, -0.15) is 5.26 Å². The zero-order valence-electron chi connectivity index (χ0n) is 20.7. The quantitative estimate of drug-likeness (QED) is 0.293. The summed E-state index contributed by atoms with van der Waals surface area (Å²) in [7, 11) is 0. The van der Waals surface area contributed by atoms with Crippen LogP contribution in [0.5, 0.6) is 5.75 Å². The highest BCUT2D eigenvalue weighted by Gasteiger charge is 2.35. The summed E-state index contributed by atoms with van der Waals surface area (Å²) in [4.78, 5) is 9.06. The van der Waals surface area contributed by atoms with Crippen LogP contribution in [-0.2, 0) is 6.42 Å². The first-order valence-corrected chi connectivity index (χ1v) is 13.1. The third kappa shape index (κ3) is 7.84. The van der Waals surface area contributed by atoms with E-state index in [1.165, 1.54) is 50.5 Å². The fraction of sp³-hybridized carbons (Fsp3) is 0.621. The van der Waals surface area contributed by atoms with Crippen LogP contribution in [0.4, 0.5) is 0 Å². The first kappa shape index (κ1) is 25.2. The van der Waals surface area contributed by atoms with E-state index in [1.54, 1.807) is 0 Å². The van der Waals surface area contributed by atoms with Gasteiger partial charge in [0.05, 0.1) is 18.1 Å². The molecule has 0 aliphatic heterocycles. The van der Waals surface area contributed by atoms with Crippen LogP contribution in [0.15, 0.2) is 36.7 Å². The smallest absolute Gasteiger partial charge is 0.159 e. The zero-order valence-corrected chi connectivity index (χ0v) is 20.7. The van der Waals surface area contributed by atoms with Crippen molar-refractivity contribution in [2.24, 2.45) is 11.3 Å². The molecule has 0 N–H and O–H groups in total. The van der Waals surface area contributed by atoms with Crippen molar-refractivity contribution in [2.75, 3.05) is 6.61 Å². The molecular formula is C29H41N3O. The van der Waals surface area contributed by atoms with E-state index in [0.29, 0.717) is 5.92 Å². The summed E-state index contributed by atoms with van der Waals surface area (Å²) in [6, 6.07) is 10.8. The van der Waals surface area contributed by atoms with Gasteiger partial charge in [-0.25, -0.2) is 9.97 Å². The third-order valence-electron chi connectivity index (χ3n) is 7.18. The van der Waals surface area contributed by atoms with Crippen LogP contribution >= 0.6 is 0 Å². The van der Waals surface area contributed by atoms with Gasteiger partial charge in [0.15, 0.2) is 5.82 Å². The monoisotopic (exact) mass is 447 g/mol. The summed E-state index contributed by atoms with van der Waals surface area (Å²) >= 11 is 0. The summed E-state index contributed by atoms with van der Waals surface area (Å²) < 4.78 is 6.10. The number of rotatable bonds is 13. The van der Waals surface area contributed by atoms with E-state index < -0.39 is 0 Å². The number of hydrogen-bond acceptors (Lipinski definition) is 4. The lowest BCUT2D eigenvalue weighted by molar-refractivity contribution is 0.144. The topological polar surface area (TPSA) is 58.8 Å². The van der Waals surface area contributed by atoms with E-state index in [9.17, 15) is 5.26 Å². The van der Waals surface area contributed by atoms with Crippen molar-refractivity contribution in [3.05, 3.63) is 42.2 Å². The van der Waals surface area contributed by atoms with Crippen molar-refractivity contribution in [1.82, 2.24) is 9.97 Å². The number of hydrogen-bond donors (Lipinski definition) is 0. The summed E-state index contributed by atoms with van der Waals surface area (Å²) in [6.45, 7) is 5.18. The normalized spacial score (nSPS) is 20.3. The van der Waals surface area contributed by atoms with Gasteiger partial charge in [-0.1, -0.05) is 52.4 Å². The fourth-order valence-corrected chi connectivity index (χ4v) is 4.81. The van der Waals surface area contributed by atoms with Crippen LogP contribution < -0.4 is 4.74 Å². The van der Waals surface area contributed by atoms with Gasteiger partial charge in [0.1, 0.15) is 5.75 Å². The number of aryl methyl sites for hydroxylation is 1. The molecule has 4 heteroatoms. The van der Waals surface area contributed by atoms with E-state index in [-0.39, 0.29) is 5.41 Å². The number of ether oxygens (including phenoxy) is 1. The largest absolute Gasteiger partial charge is 0.493 e. The summed E-state index contributed by atoms with van der Waals surface area (Å²) in [5, 5.41) is 9.82. The molecule has 4 nitrogen and oxygen atoms in total. The van der Waals surface area contributed by atoms with E-state index >= 15 is 0 Å². The second-order valence-electron chi connectivity index (χ2n) is 9.85. The molecule has 1 heterocycles. The molecule has 33 heavy (non-hydrogen) atoms. The molecule has 1 aliphatic carbocycles. The first-order valence-electron chi connectivity index (χ1n) is 13.1. The van der Waals surface area contributed by atoms with Gasteiger partial charge in [-0.05, 0) is 80.7 Å². The molecule has 0 amide bonds. The van der Waals surface area contributed by atoms with Gasteiger partial charge in [0.2, 0.25) is 0 Å².